The number of carboxylic acids is 1. The summed E-state index contributed by atoms with van der Waals surface area (Å²) < 4.78 is 8.35. The third kappa shape index (κ3) is 3.50. The molecule has 1 amide bonds. The molecular weight excluding hydrogens is 338 g/mol. The van der Waals surface area contributed by atoms with Crippen LogP contribution in [-0.2, 0) is 27.4 Å². The van der Waals surface area contributed by atoms with Gasteiger partial charge in [-0.15, -0.1) is 0 Å². The number of nitrogens with zero attached hydrogens (tertiary/aromatic N) is 2. The summed E-state index contributed by atoms with van der Waals surface area (Å²) in [5.74, 6) is -1.33. The fourth-order valence-electron chi connectivity index (χ4n) is 3.61. The quantitative estimate of drug-likeness (QED) is 0.798. The maximum absolute atomic E-state index is 12.6. The van der Waals surface area contributed by atoms with Crippen LogP contribution in [0, 0.1) is 0 Å². The van der Waals surface area contributed by atoms with Crippen LogP contribution < -0.4 is 11.0 Å². The zero-order chi connectivity index (χ0) is 18.7. The van der Waals surface area contributed by atoms with Gasteiger partial charge in [-0.25, -0.2) is 4.79 Å². The number of benzene rings is 1. The number of hydrogen-bond acceptors (Lipinski definition) is 4. The van der Waals surface area contributed by atoms with Crippen LogP contribution in [0.4, 0.5) is 0 Å². The van der Waals surface area contributed by atoms with Crippen molar-refractivity contribution >= 4 is 22.9 Å². The zero-order valence-electron chi connectivity index (χ0n) is 14.7. The maximum atomic E-state index is 12.6. The molecule has 0 bridgehead atoms. The van der Waals surface area contributed by atoms with E-state index in [0.717, 1.165) is 5.52 Å². The van der Waals surface area contributed by atoms with E-state index in [-0.39, 0.29) is 24.6 Å². The Morgan fingerprint density at radius 3 is 2.38 bits per heavy atom. The summed E-state index contributed by atoms with van der Waals surface area (Å²) >= 11 is 0. The number of carbonyl (C=O) groups excluding carboxylic acids is 1. The van der Waals surface area contributed by atoms with E-state index in [4.69, 9.17) is 4.74 Å². The van der Waals surface area contributed by atoms with Gasteiger partial charge in [0.25, 0.3) is 0 Å². The third-order valence-corrected chi connectivity index (χ3v) is 4.89. The lowest BCUT2D eigenvalue weighted by Gasteiger charge is -2.36. The summed E-state index contributed by atoms with van der Waals surface area (Å²) in [5, 5.41) is 12.1. The van der Waals surface area contributed by atoms with Crippen molar-refractivity contribution in [2.24, 2.45) is 0 Å². The molecule has 0 atom stereocenters. The predicted octanol–water partition coefficient (Wildman–Crippen LogP) is 0.963. The normalized spacial score (nSPS) is 16.5. The van der Waals surface area contributed by atoms with E-state index in [0.29, 0.717) is 38.1 Å². The summed E-state index contributed by atoms with van der Waals surface area (Å²) in [5.41, 5.74) is 0.393. The lowest BCUT2D eigenvalue weighted by atomic mass is 9.86. The number of rotatable bonds is 6. The summed E-state index contributed by atoms with van der Waals surface area (Å²) in [7, 11) is 0. The molecule has 3 rings (SSSR count). The van der Waals surface area contributed by atoms with Gasteiger partial charge in [0.1, 0.15) is 6.54 Å². The highest BCUT2D eigenvalue weighted by molar-refractivity contribution is 5.82. The molecule has 0 radical (unpaired) electrons. The highest BCUT2D eigenvalue weighted by Gasteiger charge is 2.36. The summed E-state index contributed by atoms with van der Waals surface area (Å²) in [6.45, 7) is 3.05. The van der Waals surface area contributed by atoms with Crippen molar-refractivity contribution in [3.63, 3.8) is 0 Å². The van der Waals surface area contributed by atoms with E-state index in [1.807, 2.05) is 25.1 Å². The van der Waals surface area contributed by atoms with Gasteiger partial charge in [-0.1, -0.05) is 12.1 Å². The average molecular weight is 361 g/mol. The van der Waals surface area contributed by atoms with Crippen LogP contribution in [0.3, 0.4) is 0 Å². The molecule has 2 heterocycles. The molecule has 0 spiro atoms. The molecule has 140 valence electrons. The predicted molar refractivity (Wildman–Crippen MR) is 95.1 cm³/mol. The van der Waals surface area contributed by atoms with Crippen molar-refractivity contribution < 1.29 is 19.4 Å². The number of hydrogen-bond donors (Lipinski definition) is 2. The third-order valence-electron chi connectivity index (χ3n) is 4.89. The first-order valence-electron chi connectivity index (χ1n) is 8.74. The number of aromatic nitrogens is 2. The second kappa shape index (κ2) is 7.33. The number of aryl methyl sites for hydroxylation is 1. The van der Waals surface area contributed by atoms with E-state index in [1.165, 1.54) is 4.57 Å². The molecule has 0 aliphatic carbocycles. The van der Waals surface area contributed by atoms with Crippen molar-refractivity contribution in [2.75, 3.05) is 13.2 Å². The minimum Gasteiger partial charge on any atom is -0.481 e. The molecule has 1 aromatic carbocycles. The second-order valence-corrected chi connectivity index (χ2v) is 6.61. The summed E-state index contributed by atoms with van der Waals surface area (Å²) in [6, 6.07) is 7.32. The van der Waals surface area contributed by atoms with E-state index in [1.54, 1.807) is 10.6 Å². The lowest BCUT2D eigenvalue weighted by molar-refractivity contribution is -0.140. The van der Waals surface area contributed by atoms with Crippen molar-refractivity contribution in [2.45, 2.75) is 44.8 Å². The second-order valence-electron chi connectivity index (χ2n) is 6.61. The minimum atomic E-state index is -0.966. The largest absolute Gasteiger partial charge is 0.481 e. The Hall–Kier alpha value is -2.61. The van der Waals surface area contributed by atoms with Gasteiger partial charge in [-0.2, -0.15) is 0 Å². The van der Waals surface area contributed by atoms with E-state index >= 15 is 0 Å². The van der Waals surface area contributed by atoms with Gasteiger partial charge in [-0.05, 0) is 31.9 Å². The molecular formula is C18H23N3O5. The Kier molecular flexibility index (Phi) is 5.13. The number of nitrogens with one attached hydrogen (secondary N) is 1. The van der Waals surface area contributed by atoms with Gasteiger partial charge in [-0.3, -0.25) is 18.7 Å². The molecule has 2 aromatic rings. The van der Waals surface area contributed by atoms with Crippen molar-refractivity contribution in [3.05, 3.63) is 34.7 Å². The molecule has 0 unspecified atom stereocenters. The van der Waals surface area contributed by atoms with Crippen LogP contribution in [0.5, 0.6) is 0 Å². The Labute approximate surface area is 150 Å². The first-order chi connectivity index (χ1) is 12.5. The topological polar surface area (TPSA) is 103 Å². The van der Waals surface area contributed by atoms with Gasteiger partial charge >= 0.3 is 11.7 Å². The number of para-hydroxylation sites is 2. The van der Waals surface area contributed by atoms with Crippen molar-refractivity contribution in [1.29, 1.82) is 0 Å². The number of carboxylic acid groups (broad SMARTS) is 1. The van der Waals surface area contributed by atoms with Crippen LogP contribution in [-0.4, -0.2) is 44.9 Å². The first kappa shape index (κ1) is 18.2. The highest BCUT2D eigenvalue weighted by atomic mass is 16.5. The van der Waals surface area contributed by atoms with Gasteiger partial charge < -0.3 is 15.2 Å². The monoisotopic (exact) mass is 361 g/mol. The van der Waals surface area contributed by atoms with Crippen LogP contribution in [0.2, 0.25) is 0 Å². The minimum absolute atomic E-state index is 0.144. The van der Waals surface area contributed by atoms with Crippen LogP contribution >= 0.6 is 0 Å². The van der Waals surface area contributed by atoms with Crippen molar-refractivity contribution in [1.82, 2.24) is 14.5 Å². The Bertz CT molecular complexity index is 877. The first-order valence-corrected chi connectivity index (χ1v) is 8.74. The van der Waals surface area contributed by atoms with E-state index < -0.39 is 11.5 Å². The lowest BCUT2D eigenvalue weighted by Crippen LogP contribution is -2.54. The Balaban J connectivity index is 1.86. The standard InChI is InChI=1S/C18H23N3O5/c1-2-20-13-5-3-4-6-14(13)21(17(20)25)12-15(22)19-18(11-16(23)24)7-9-26-10-8-18/h3-6H,2,7-12H2,1H3,(H,19,22)(H,23,24). The Morgan fingerprint density at radius 2 is 1.81 bits per heavy atom. The summed E-state index contributed by atoms with van der Waals surface area (Å²) in [6.07, 6.45) is 0.723. The fraction of sp³-hybridized carbons (Fsp3) is 0.500. The molecule has 8 heteroatoms. The van der Waals surface area contributed by atoms with Crippen LogP contribution in [0.1, 0.15) is 26.2 Å². The summed E-state index contributed by atoms with van der Waals surface area (Å²) in [4.78, 5) is 36.5. The molecule has 8 nitrogen and oxygen atoms in total. The SMILES string of the molecule is CCn1c(=O)n(CC(=O)NC2(CC(=O)O)CCOCC2)c2ccccc21. The van der Waals surface area contributed by atoms with Crippen molar-refractivity contribution in [3.8, 4) is 0 Å². The Morgan fingerprint density at radius 1 is 1.19 bits per heavy atom. The zero-order valence-corrected chi connectivity index (χ0v) is 14.7. The number of fused-ring (bicyclic) bond motifs is 1. The fourth-order valence-corrected chi connectivity index (χ4v) is 3.61. The van der Waals surface area contributed by atoms with Gasteiger partial charge in [0.15, 0.2) is 0 Å². The molecule has 26 heavy (non-hydrogen) atoms. The van der Waals surface area contributed by atoms with Crippen LogP contribution in [0.15, 0.2) is 29.1 Å². The number of amides is 1. The molecule has 1 saturated heterocycles. The van der Waals surface area contributed by atoms with E-state index in [2.05, 4.69) is 5.32 Å². The molecule has 0 saturated carbocycles. The molecule has 2 N–H and O–H groups in total. The molecule has 1 fully saturated rings. The maximum Gasteiger partial charge on any atom is 0.329 e. The number of carbonyl (C=O) groups is 2. The van der Waals surface area contributed by atoms with Gasteiger partial charge in [0.2, 0.25) is 5.91 Å². The van der Waals surface area contributed by atoms with Gasteiger partial charge in [0.05, 0.1) is 23.0 Å². The number of ether oxygens (including phenoxy) is 1. The van der Waals surface area contributed by atoms with Crippen LogP contribution in [0.25, 0.3) is 11.0 Å². The molecule has 1 aromatic heterocycles. The smallest absolute Gasteiger partial charge is 0.329 e. The molecule has 1 aliphatic heterocycles. The average Bonchev–Trinajstić information content (AvgIpc) is 2.86. The molecule has 1 aliphatic rings. The van der Waals surface area contributed by atoms with E-state index in [9.17, 15) is 19.5 Å². The van der Waals surface area contributed by atoms with Gasteiger partial charge in [0, 0.05) is 19.8 Å². The number of imidazole rings is 1. The number of aliphatic carboxylic acids is 1. The highest BCUT2D eigenvalue weighted by Crippen LogP contribution is 2.24.